The third-order valence-electron chi connectivity index (χ3n) is 6.25. The second kappa shape index (κ2) is 13.7. The van der Waals surface area contributed by atoms with Gasteiger partial charge in [0.1, 0.15) is 11.5 Å². The Balaban J connectivity index is 2.41. The average molecular weight is 516 g/mol. The molecule has 1 heterocycles. The molecule has 10 heteroatoms. The zero-order valence-electron chi connectivity index (χ0n) is 23.2. The lowest BCUT2D eigenvalue weighted by molar-refractivity contribution is -0.126. The lowest BCUT2D eigenvalue weighted by Crippen LogP contribution is -2.42. The summed E-state index contributed by atoms with van der Waals surface area (Å²) in [6.07, 6.45) is 0.645. The molecule has 1 unspecified atom stereocenters. The molecule has 0 aliphatic carbocycles. The summed E-state index contributed by atoms with van der Waals surface area (Å²) in [4.78, 5) is 37.3. The lowest BCUT2D eigenvalue weighted by Gasteiger charge is -2.21. The van der Waals surface area contributed by atoms with Gasteiger partial charge in [-0.1, -0.05) is 33.8 Å². The normalized spacial score (nSPS) is 12.7. The summed E-state index contributed by atoms with van der Waals surface area (Å²) in [6, 6.07) is 6.80. The maximum atomic E-state index is 13.4. The van der Waals surface area contributed by atoms with Crippen LogP contribution in [0.4, 0.5) is 0 Å². The summed E-state index contributed by atoms with van der Waals surface area (Å²) >= 11 is 0. The molecular weight excluding hydrogens is 474 g/mol. The number of methoxy groups -OCH3 is 2. The second-order valence-corrected chi connectivity index (χ2v) is 9.84. The maximum Gasteiger partial charge on any atom is 0.272 e. The minimum atomic E-state index is -0.422. The first-order chi connectivity index (χ1) is 17.5. The minimum absolute atomic E-state index is 0.0203. The number of likely N-dealkylation sites (N-methyl/N-ethyl adjacent to an activating group) is 1. The van der Waals surface area contributed by atoms with Gasteiger partial charge in [-0.3, -0.25) is 19.1 Å². The first-order valence-corrected chi connectivity index (χ1v) is 12.6. The van der Waals surface area contributed by atoms with E-state index in [0.717, 1.165) is 0 Å². The summed E-state index contributed by atoms with van der Waals surface area (Å²) in [5.41, 5.74) is 1.64. The van der Waals surface area contributed by atoms with Gasteiger partial charge in [-0.2, -0.15) is 5.10 Å². The number of amides is 3. The lowest BCUT2D eigenvalue weighted by atomic mass is 10.0. The average Bonchev–Trinajstić information content (AvgIpc) is 3.30. The Labute approximate surface area is 219 Å². The Morgan fingerprint density at radius 3 is 2.14 bits per heavy atom. The van der Waals surface area contributed by atoms with Crippen molar-refractivity contribution in [2.24, 2.45) is 11.8 Å². The number of nitrogens with one attached hydrogen (secondary N) is 3. The largest absolute Gasteiger partial charge is 0.496 e. The van der Waals surface area contributed by atoms with Crippen LogP contribution < -0.4 is 25.4 Å². The van der Waals surface area contributed by atoms with Crippen LogP contribution in [-0.2, 0) is 9.59 Å². The number of hydrogen-bond donors (Lipinski definition) is 3. The van der Waals surface area contributed by atoms with E-state index in [-0.39, 0.29) is 54.3 Å². The van der Waals surface area contributed by atoms with Crippen LogP contribution in [0.25, 0.3) is 11.3 Å². The van der Waals surface area contributed by atoms with Crippen molar-refractivity contribution in [1.82, 2.24) is 25.7 Å². The Morgan fingerprint density at radius 2 is 1.62 bits per heavy atom. The Morgan fingerprint density at radius 1 is 1.00 bits per heavy atom. The quantitative estimate of drug-likeness (QED) is 0.376. The Hall–Kier alpha value is -3.56. The van der Waals surface area contributed by atoms with Crippen LogP contribution in [0.2, 0.25) is 0 Å². The fraction of sp³-hybridized carbons (Fsp3) is 0.556. The topological polar surface area (TPSA) is 124 Å². The monoisotopic (exact) mass is 515 g/mol. The van der Waals surface area contributed by atoms with E-state index in [0.29, 0.717) is 29.2 Å². The van der Waals surface area contributed by atoms with Crippen LogP contribution in [0.1, 0.15) is 64.0 Å². The molecule has 0 saturated carbocycles. The van der Waals surface area contributed by atoms with Crippen LogP contribution in [-0.4, -0.2) is 61.4 Å². The number of benzene rings is 1. The molecule has 0 aliphatic rings. The van der Waals surface area contributed by atoms with Crippen LogP contribution in [0.15, 0.2) is 24.3 Å². The molecular formula is C27H41N5O5. The van der Waals surface area contributed by atoms with Gasteiger partial charge >= 0.3 is 0 Å². The summed E-state index contributed by atoms with van der Waals surface area (Å²) in [5.74, 6) is 0.712. The van der Waals surface area contributed by atoms with E-state index in [4.69, 9.17) is 9.47 Å². The molecule has 0 aliphatic heterocycles. The summed E-state index contributed by atoms with van der Waals surface area (Å²) < 4.78 is 13.1. The van der Waals surface area contributed by atoms with Crippen LogP contribution >= 0.6 is 0 Å². The molecule has 2 aromatic rings. The highest BCUT2D eigenvalue weighted by atomic mass is 16.5. The molecule has 1 aromatic carbocycles. The molecule has 0 radical (unpaired) electrons. The second-order valence-electron chi connectivity index (χ2n) is 9.84. The zero-order chi connectivity index (χ0) is 27.7. The van der Waals surface area contributed by atoms with Crippen molar-refractivity contribution in [3.8, 4) is 22.8 Å². The van der Waals surface area contributed by atoms with Gasteiger partial charge < -0.3 is 25.4 Å². The number of carbonyl (C=O) groups is 3. The summed E-state index contributed by atoms with van der Waals surface area (Å²) in [7, 11) is 4.68. The molecule has 0 bridgehead atoms. The van der Waals surface area contributed by atoms with E-state index in [1.807, 2.05) is 43.7 Å². The smallest absolute Gasteiger partial charge is 0.272 e. The number of nitrogens with zero attached hydrogens (tertiary/aromatic N) is 2. The Bertz CT molecular complexity index is 1060. The van der Waals surface area contributed by atoms with Gasteiger partial charge in [-0.25, -0.2) is 0 Å². The van der Waals surface area contributed by atoms with Crippen LogP contribution in [0, 0.1) is 11.8 Å². The van der Waals surface area contributed by atoms with Gasteiger partial charge in [0, 0.05) is 19.5 Å². The molecule has 3 amide bonds. The van der Waals surface area contributed by atoms with E-state index in [2.05, 4.69) is 34.9 Å². The van der Waals surface area contributed by atoms with Crippen LogP contribution in [0.3, 0.4) is 0 Å². The molecule has 204 valence electrons. The van der Waals surface area contributed by atoms with Gasteiger partial charge in [-0.05, 0) is 43.4 Å². The van der Waals surface area contributed by atoms with Gasteiger partial charge in [0.05, 0.1) is 38.1 Å². The molecule has 2 rings (SSSR count). The minimum Gasteiger partial charge on any atom is -0.496 e. The highest BCUT2D eigenvalue weighted by Crippen LogP contribution is 2.40. The van der Waals surface area contributed by atoms with Crippen molar-refractivity contribution in [2.75, 3.05) is 27.8 Å². The van der Waals surface area contributed by atoms with Crippen molar-refractivity contribution >= 4 is 17.7 Å². The fourth-order valence-corrected chi connectivity index (χ4v) is 3.97. The molecule has 2 atom stereocenters. The fourth-order valence-electron chi connectivity index (χ4n) is 3.97. The van der Waals surface area contributed by atoms with E-state index in [1.165, 1.54) is 7.05 Å². The number of aromatic nitrogens is 2. The highest BCUT2D eigenvalue weighted by Gasteiger charge is 2.26. The number of rotatable bonds is 13. The van der Waals surface area contributed by atoms with Crippen molar-refractivity contribution in [1.29, 1.82) is 0 Å². The zero-order valence-corrected chi connectivity index (χ0v) is 23.2. The number of carbonyl (C=O) groups excluding carboxylic acids is 3. The van der Waals surface area contributed by atoms with Crippen molar-refractivity contribution in [3.63, 3.8) is 0 Å². The van der Waals surface area contributed by atoms with Gasteiger partial charge in [0.2, 0.25) is 11.8 Å². The van der Waals surface area contributed by atoms with Crippen molar-refractivity contribution in [2.45, 2.75) is 59.5 Å². The molecule has 0 saturated heterocycles. The number of hydrogen-bond acceptors (Lipinski definition) is 6. The highest BCUT2D eigenvalue weighted by molar-refractivity contribution is 5.94. The summed E-state index contributed by atoms with van der Waals surface area (Å²) in [6.45, 7) is 10.2. The first kappa shape index (κ1) is 29.7. The number of ether oxygens (including phenoxy) is 2. The van der Waals surface area contributed by atoms with E-state index in [1.54, 1.807) is 20.3 Å². The predicted molar refractivity (Wildman–Crippen MR) is 143 cm³/mol. The van der Waals surface area contributed by atoms with E-state index < -0.39 is 6.04 Å². The van der Waals surface area contributed by atoms with Gasteiger partial charge in [0.15, 0.2) is 5.69 Å². The predicted octanol–water partition coefficient (Wildman–Crippen LogP) is 3.18. The maximum absolute atomic E-state index is 13.4. The molecule has 1 aromatic heterocycles. The standard InChI is InChI=1S/C27H41N5O5/c1-16(2)12-19(13-24(33)29-15-25(34)28-6)30-27(35)20-14-21(32(31-20)18(5)17(3)4)26-22(36-7)10-9-11-23(26)37-8/h9-11,14,16-19H,12-13,15H2,1-8H3,(H,28,34)(H,29,33)(H,30,35)/t18?,19-/m0/s1. The van der Waals surface area contributed by atoms with Crippen molar-refractivity contribution in [3.05, 3.63) is 30.0 Å². The molecule has 37 heavy (non-hydrogen) atoms. The van der Waals surface area contributed by atoms with Crippen LogP contribution in [0.5, 0.6) is 11.5 Å². The van der Waals surface area contributed by atoms with E-state index >= 15 is 0 Å². The molecule has 0 spiro atoms. The molecule has 10 nitrogen and oxygen atoms in total. The van der Waals surface area contributed by atoms with Gasteiger partial charge in [-0.15, -0.1) is 0 Å². The third kappa shape index (κ3) is 7.96. The third-order valence-corrected chi connectivity index (χ3v) is 6.25. The van der Waals surface area contributed by atoms with Gasteiger partial charge in [0.25, 0.3) is 5.91 Å². The molecule has 3 N–H and O–H groups in total. The van der Waals surface area contributed by atoms with Crippen molar-refractivity contribution < 1.29 is 23.9 Å². The van der Waals surface area contributed by atoms with E-state index in [9.17, 15) is 14.4 Å². The Kier molecular flexibility index (Phi) is 11.0. The summed E-state index contributed by atoms with van der Waals surface area (Å²) in [5, 5.41) is 12.7. The SMILES string of the molecule is CNC(=O)CNC(=O)C[C@H](CC(C)C)NC(=O)c1cc(-c2c(OC)cccc2OC)n(C(C)C(C)C)n1. The molecule has 0 fully saturated rings. The first-order valence-electron chi connectivity index (χ1n) is 12.6.